The molecule has 0 N–H and O–H groups in total. The third-order valence-corrected chi connectivity index (χ3v) is 10.6. The Hall–Kier alpha value is 0.407. The molecule has 0 spiro atoms. The van der Waals surface area contributed by atoms with Crippen LogP contribution in [-0.2, 0) is 4.79 Å². The number of hydrogen-bond donors (Lipinski definition) is 0. The molecule has 17 heavy (non-hydrogen) atoms. The highest BCUT2D eigenvalue weighted by Gasteiger charge is 2.41. The number of Topliss-reactive ketones (excluding diaryl/α,β-unsaturated/α-hetero) is 1. The average molecular weight is 382 g/mol. The minimum absolute atomic E-state index is 0.0798. The van der Waals surface area contributed by atoms with E-state index < -0.39 is 8.07 Å². The number of ketones is 1. The van der Waals surface area contributed by atoms with Crippen molar-refractivity contribution in [1.29, 1.82) is 0 Å². The van der Waals surface area contributed by atoms with Gasteiger partial charge < -0.3 is 0 Å². The molecule has 1 nitrogen and oxygen atoms in total. The van der Waals surface area contributed by atoms with Gasteiger partial charge in [-0.15, -0.1) is 5.54 Å². The van der Waals surface area contributed by atoms with Crippen LogP contribution >= 0.6 is 31.9 Å². The molecular formula is C13H22Br2OSi. The summed E-state index contributed by atoms with van der Waals surface area (Å²) in [6, 6.07) is 0. The third-order valence-electron chi connectivity index (χ3n) is 3.47. The maximum absolute atomic E-state index is 11.6. The number of alkyl halides is 2. The highest BCUT2D eigenvalue weighted by Crippen LogP contribution is 2.40. The van der Waals surface area contributed by atoms with E-state index in [-0.39, 0.29) is 9.52 Å². The fourth-order valence-corrected chi connectivity index (χ4v) is 8.09. The van der Waals surface area contributed by atoms with E-state index >= 15 is 0 Å². The Morgan fingerprint density at radius 1 is 0.941 bits per heavy atom. The highest BCUT2D eigenvalue weighted by molar-refractivity contribution is 9.25. The molecule has 4 heteroatoms. The van der Waals surface area contributed by atoms with Crippen LogP contribution in [0.15, 0.2) is 0 Å². The van der Waals surface area contributed by atoms with Crippen molar-refractivity contribution in [3.05, 3.63) is 0 Å². The molecule has 0 aliphatic carbocycles. The van der Waals surface area contributed by atoms with Crippen LogP contribution in [0.3, 0.4) is 0 Å². The zero-order chi connectivity index (χ0) is 13.8. The van der Waals surface area contributed by atoms with Gasteiger partial charge in [0, 0.05) is 0 Å². The lowest BCUT2D eigenvalue weighted by atomic mass is 10.5. The first-order valence-electron chi connectivity index (χ1n) is 6.01. The molecule has 0 aromatic heterocycles. The van der Waals surface area contributed by atoms with Gasteiger partial charge in [-0.3, -0.25) is 4.79 Å². The first kappa shape index (κ1) is 17.4. The second kappa shape index (κ2) is 7.11. The number of carbonyl (C=O) groups is 1. The SMILES string of the molecule is CC(C)[Si](C#CC(=O)C(Br)Br)(C(C)C)C(C)C. The number of halogens is 2. The molecule has 0 aliphatic heterocycles. The van der Waals surface area contributed by atoms with Crippen LogP contribution in [0.2, 0.25) is 16.6 Å². The molecule has 0 saturated carbocycles. The van der Waals surface area contributed by atoms with Gasteiger partial charge in [0.15, 0.2) is 0 Å². The maximum atomic E-state index is 11.6. The molecule has 0 aromatic carbocycles. The van der Waals surface area contributed by atoms with E-state index in [9.17, 15) is 4.79 Å². The Morgan fingerprint density at radius 3 is 1.53 bits per heavy atom. The summed E-state index contributed by atoms with van der Waals surface area (Å²) in [7, 11) is -1.76. The maximum Gasteiger partial charge on any atom is 0.229 e. The molecular weight excluding hydrogens is 360 g/mol. The second-order valence-electron chi connectivity index (χ2n) is 5.31. The number of rotatable bonds is 4. The quantitative estimate of drug-likeness (QED) is 0.384. The molecule has 0 heterocycles. The Bertz CT molecular complexity index is 302. The van der Waals surface area contributed by atoms with Crippen molar-refractivity contribution in [2.24, 2.45) is 0 Å². The van der Waals surface area contributed by atoms with Crippen molar-refractivity contribution in [3.8, 4) is 11.5 Å². The summed E-state index contributed by atoms with van der Waals surface area (Å²) in [6.07, 6.45) is 0. The third kappa shape index (κ3) is 4.22. The predicted molar refractivity (Wildman–Crippen MR) is 85.5 cm³/mol. The minimum Gasteiger partial charge on any atom is -0.283 e. The first-order chi connectivity index (χ1) is 7.66. The van der Waals surface area contributed by atoms with E-state index in [0.29, 0.717) is 16.6 Å². The van der Waals surface area contributed by atoms with E-state index in [4.69, 9.17) is 0 Å². The summed E-state index contributed by atoms with van der Waals surface area (Å²) in [5.74, 6) is 2.77. The van der Waals surface area contributed by atoms with E-state index in [1.165, 1.54) is 0 Å². The zero-order valence-electron chi connectivity index (χ0n) is 11.5. The Kier molecular flexibility index (Phi) is 7.28. The predicted octanol–water partition coefficient (Wildman–Crippen LogP) is 4.89. The average Bonchev–Trinajstić information content (AvgIpc) is 2.16. The Morgan fingerprint density at radius 2 is 1.29 bits per heavy atom. The van der Waals surface area contributed by atoms with Crippen LogP contribution in [0, 0.1) is 11.5 Å². The molecule has 0 bridgehead atoms. The van der Waals surface area contributed by atoms with Crippen molar-refractivity contribution >= 4 is 45.7 Å². The largest absolute Gasteiger partial charge is 0.283 e. The molecule has 0 unspecified atom stereocenters. The van der Waals surface area contributed by atoms with Crippen molar-refractivity contribution in [3.63, 3.8) is 0 Å². The lowest BCUT2D eigenvalue weighted by Crippen LogP contribution is -2.43. The van der Waals surface area contributed by atoms with Gasteiger partial charge in [0.25, 0.3) is 0 Å². The molecule has 98 valence electrons. The summed E-state index contributed by atoms with van der Waals surface area (Å²) < 4.78 is -0.347. The molecule has 0 aliphatic rings. The summed E-state index contributed by atoms with van der Waals surface area (Å²) in [6.45, 7) is 13.4. The van der Waals surface area contributed by atoms with E-state index in [1.807, 2.05) is 0 Å². The molecule has 0 radical (unpaired) electrons. The smallest absolute Gasteiger partial charge is 0.229 e. The van der Waals surface area contributed by atoms with E-state index in [0.717, 1.165) is 0 Å². The zero-order valence-corrected chi connectivity index (χ0v) is 15.6. The molecule has 0 saturated heterocycles. The highest BCUT2D eigenvalue weighted by atomic mass is 79.9. The van der Waals surface area contributed by atoms with Crippen molar-refractivity contribution in [2.45, 2.75) is 61.9 Å². The van der Waals surface area contributed by atoms with Gasteiger partial charge in [-0.05, 0) is 22.5 Å². The first-order valence-corrected chi connectivity index (χ1v) is 10.1. The summed E-state index contributed by atoms with van der Waals surface area (Å²) in [5, 5.41) is 0. The number of carbonyl (C=O) groups excluding carboxylic acids is 1. The van der Waals surface area contributed by atoms with Gasteiger partial charge in [-0.1, -0.05) is 73.4 Å². The fourth-order valence-electron chi connectivity index (χ4n) is 2.66. The van der Waals surface area contributed by atoms with Crippen LogP contribution in [-0.4, -0.2) is 17.6 Å². The standard InChI is InChI=1S/C13H22Br2OSi/c1-9(2)17(10(3)4,11(5)6)8-7-12(16)13(14)15/h9-11,13H,1-6H3. The van der Waals surface area contributed by atoms with Gasteiger partial charge in [0.2, 0.25) is 5.78 Å². The van der Waals surface area contributed by atoms with Gasteiger partial charge in [0.1, 0.15) is 11.8 Å². The van der Waals surface area contributed by atoms with Crippen LogP contribution < -0.4 is 0 Å². The fraction of sp³-hybridized carbons (Fsp3) is 0.769. The van der Waals surface area contributed by atoms with Crippen LogP contribution in [0.1, 0.15) is 41.5 Å². The van der Waals surface area contributed by atoms with Gasteiger partial charge >= 0.3 is 0 Å². The summed E-state index contributed by atoms with van der Waals surface area (Å²) in [4.78, 5) is 11.6. The molecule has 0 aromatic rings. The lowest BCUT2D eigenvalue weighted by molar-refractivity contribution is -0.111. The normalized spacial score (nSPS) is 12.2. The molecule has 0 amide bonds. The van der Waals surface area contributed by atoms with Crippen LogP contribution in [0.5, 0.6) is 0 Å². The lowest BCUT2D eigenvalue weighted by Gasteiger charge is -2.37. The molecule has 0 atom stereocenters. The molecule has 0 rings (SSSR count). The van der Waals surface area contributed by atoms with Gasteiger partial charge in [-0.25, -0.2) is 0 Å². The topological polar surface area (TPSA) is 17.1 Å². The van der Waals surface area contributed by atoms with Gasteiger partial charge in [0.05, 0.1) is 0 Å². The van der Waals surface area contributed by atoms with Crippen molar-refractivity contribution in [2.75, 3.05) is 0 Å². The van der Waals surface area contributed by atoms with Crippen LogP contribution in [0.4, 0.5) is 0 Å². The number of hydrogen-bond acceptors (Lipinski definition) is 1. The van der Waals surface area contributed by atoms with Crippen molar-refractivity contribution in [1.82, 2.24) is 0 Å². The van der Waals surface area contributed by atoms with Gasteiger partial charge in [-0.2, -0.15) is 0 Å². The second-order valence-corrected chi connectivity index (χ2v) is 14.0. The van der Waals surface area contributed by atoms with E-state index in [1.54, 1.807) is 0 Å². The van der Waals surface area contributed by atoms with Crippen LogP contribution in [0.25, 0.3) is 0 Å². The Labute approximate surface area is 123 Å². The summed E-state index contributed by atoms with van der Waals surface area (Å²) >= 11 is 6.40. The minimum atomic E-state index is -1.76. The summed E-state index contributed by atoms with van der Waals surface area (Å²) in [5.41, 5.74) is 5.08. The van der Waals surface area contributed by atoms with E-state index in [2.05, 4.69) is 84.9 Å². The monoisotopic (exact) mass is 380 g/mol. The van der Waals surface area contributed by atoms with Crippen molar-refractivity contribution < 1.29 is 4.79 Å². The molecule has 0 fully saturated rings. The Balaban J connectivity index is 5.41.